The minimum absolute atomic E-state index is 0.102. The molecule has 6 nitrogen and oxygen atoms in total. The van der Waals surface area contributed by atoms with E-state index >= 15 is 0 Å². The molecule has 0 heterocycles. The molecule has 0 unspecified atom stereocenters. The fourth-order valence-corrected chi connectivity index (χ4v) is 1.38. The van der Waals surface area contributed by atoms with Crippen LogP contribution in [-0.4, -0.2) is 42.9 Å². The first kappa shape index (κ1) is 13.3. The normalized spacial score (nSPS) is 11.5. The second kappa shape index (κ2) is 6.74. The Bertz CT molecular complexity index is 261. The Labute approximate surface area is 83.1 Å². The molecule has 0 aromatic rings. The number of nitrogens with one attached hydrogen (secondary N) is 1. The molecule has 0 amide bonds. The van der Waals surface area contributed by atoms with Crippen LogP contribution in [0, 0.1) is 0 Å². The molecule has 14 heavy (non-hydrogen) atoms. The smallest absolute Gasteiger partial charge is 0.303 e. The quantitative estimate of drug-likeness (QED) is 0.387. The summed E-state index contributed by atoms with van der Waals surface area (Å²) >= 11 is 0. The highest BCUT2D eigenvalue weighted by Crippen LogP contribution is 1.88. The van der Waals surface area contributed by atoms with Crippen LogP contribution in [-0.2, 0) is 14.9 Å². The van der Waals surface area contributed by atoms with Crippen molar-refractivity contribution in [3.63, 3.8) is 0 Å². The summed E-state index contributed by atoms with van der Waals surface area (Å²) in [5.41, 5.74) is 0. The van der Waals surface area contributed by atoms with Gasteiger partial charge >= 0.3 is 5.97 Å². The number of carboxylic acid groups (broad SMARTS) is 1. The Kier molecular flexibility index (Phi) is 6.43. The molecule has 0 aliphatic heterocycles. The average Bonchev–Trinajstić information content (AvgIpc) is 2.00. The first-order valence-electron chi connectivity index (χ1n) is 4.29. The molecule has 3 N–H and O–H groups in total. The maximum atomic E-state index is 10.3. The van der Waals surface area contributed by atoms with Gasteiger partial charge in [0.2, 0.25) is 0 Å². The molecule has 0 fully saturated rings. The molecular weight excluding hydrogens is 210 g/mol. The van der Waals surface area contributed by atoms with Crippen molar-refractivity contribution >= 4 is 16.1 Å². The van der Waals surface area contributed by atoms with Crippen LogP contribution in [0.3, 0.4) is 0 Å². The van der Waals surface area contributed by atoms with Gasteiger partial charge in [0, 0.05) is 6.42 Å². The molecule has 0 bridgehead atoms. The highest BCUT2D eigenvalue weighted by Gasteiger charge is 2.02. The van der Waals surface area contributed by atoms with Gasteiger partial charge in [0.15, 0.2) is 0 Å². The maximum absolute atomic E-state index is 10.3. The van der Waals surface area contributed by atoms with Crippen molar-refractivity contribution in [1.29, 1.82) is 0 Å². The molecule has 0 spiro atoms. The Hall–Kier alpha value is -0.660. The van der Waals surface area contributed by atoms with E-state index in [1.807, 2.05) is 0 Å². The van der Waals surface area contributed by atoms with Gasteiger partial charge in [-0.1, -0.05) is 0 Å². The molecule has 0 radical (unpaired) electrons. The summed E-state index contributed by atoms with van der Waals surface area (Å²) in [7, 11) is -3.86. The summed E-state index contributed by atoms with van der Waals surface area (Å²) in [6, 6.07) is 0. The van der Waals surface area contributed by atoms with Crippen molar-refractivity contribution in [2.24, 2.45) is 0 Å². The third-order valence-corrected chi connectivity index (χ3v) is 2.30. The molecular formula is C7H15NO5S. The van der Waals surface area contributed by atoms with Crippen molar-refractivity contribution in [1.82, 2.24) is 5.32 Å². The predicted octanol–water partition coefficient (Wildman–Crippen LogP) is -0.281. The van der Waals surface area contributed by atoms with Crippen LogP contribution in [0.1, 0.15) is 19.3 Å². The zero-order valence-electron chi connectivity index (χ0n) is 7.77. The van der Waals surface area contributed by atoms with Crippen LogP contribution in [0.4, 0.5) is 0 Å². The van der Waals surface area contributed by atoms with Crippen LogP contribution in [0.15, 0.2) is 0 Å². The third kappa shape index (κ3) is 11.3. The maximum Gasteiger partial charge on any atom is 0.303 e. The lowest BCUT2D eigenvalue weighted by molar-refractivity contribution is -0.137. The van der Waals surface area contributed by atoms with E-state index in [1.165, 1.54) is 0 Å². The van der Waals surface area contributed by atoms with Crippen molar-refractivity contribution in [2.45, 2.75) is 19.3 Å². The summed E-state index contributed by atoms with van der Waals surface area (Å²) in [6.07, 6.45) is 0.943. The fourth-order valence-electron chi connectivity index (χ4n) is 0.869. The van der Waals surface area contributed by atoms with Gasteiger partial charge < -0.3 is 10.4 Å². The van der Waals surface area contributed by atoms with Gasteiger partial charge in [-0.2, -0.15) is 8.42 Å². The van der Waals surface area contributed by atoms with E-state index in [4.69, 9.17) is 9.66 Å². The van der Waals surface area contributed by atoms with Crippen LogP contribution in [0.5, 0.6) is 0 Å². The molecule has 0 aliphatic carbocycles. The molecule has 0 aromatic carbocycles. The molecule has 0 saturated carbocycles. The summed E-state index contributed by atoms with van der Waals surface area (Å²) in [5.74, 6) is -1.11. The number of rotatable bonds is 8. The molecule has 0 atom stereocenters. The van der Waals surface area contributed by atoms with Crippen molar-refractivity contribution in [3.8, 4) is 0 Å². The number of carboxylic acids is 1. The standard InChI is InChI=1S/C7H15NO5S/c9-7(10)3-1-4-8-5-2-6-14(11,12)13/h8H,1-6H2,(H,9,10)(H,11,12,13). The third-order valence-electron chi connectivity index (χ3n) is 1.50. The average molecular weight is 225 g/mol. The minimum Gasteiger partial charge on any atom is -0.481 e. The van der Waals surface area contributed by atoms with E-state index in [-0.39, 0.29) is 12.2 Å². The minimum atomic E-state index is -3.86. The monoisotopic (exact) mass is 225 g/mol. The first-order valence-corrected chi connectivity index (χ1v) is 5.90. The van der Waals surface area contributed by atoms with E-state index in [0.717, 1.165) is 0 Å². The van der Waals surface area contributed by atoms with Crippen LogP contribution in [0.25, 0.3) is 0 Å². The zero-order valence-corrected chi connectivity index (χ0v) is 8.59. The lowest BCUT2D eigenvalue weighted by atomic mass is 10.3. The second-order valence-corrected chi connectivity index (χ2v) is 4.46. The van der Waals surface area contributed by atoms with Crippen LogP contribution in [0.2, 0.25) is 0 Å². The van der Waals surface area contributed by atoms with Gasteiger partial charge in [0.05, 0.1) is 5.75 Å². The van der Waals surface area contributed by atoms with E-state index in [2.05, 4.69) is 5.32 Å². The summed E-state index contributed by atoms with van der Waals surface area (Å²) < 4.78 is 28.9. The van der Waals surface area contributed by atoms with Crippen molar-refractivity contribution < 1.29 is 22.9 Å². The van der Waals surface area contributed by atoms with Gasteiger partial charge in [0.1, 0.15) is 0 Å². The molecule has 0 rings (SSSR count). The first-order chi connectivity index (χ1) is 6.42. The predicted molar refractivity (Wildman–Crippen MR) is 50.8 cm³/mol. The Morgan fingerprint density at radius 2 is 1.79 bits per heavy atom. The number of carbonyl (C=O) groups is 1. The van der Waals surface area contributed by atoms with Gasteiger partial charge in [-0.3, -0.25) is 9.35 Å². The summed E-state index contributed by atoms with van der Waals surface area (Å²) in [6.45, 7) is 0.997. The van der Waals surface area contributed by atoms with Crippen LogP contribution >= 0.6 is 0 Å². The Morgan fingerprint density at radius 3 is 2.29 bits per heavy atom. The number of hydrogen-bond donors (Lipinski definition) is 3. The molecule has 0 aliphatic rings. The summed E-state index contributed by atoms with van der Waals surface area (Å²) in [4.78, 5) is 10.1. The van der Waals surface area contributed by atoms with Gasteiger partial charge in [-0.15, -0.1) is 0 Å². The zero-order chi connectivity index (χ0) is 11.0. The van der Waals surface area contributed by atoms with Gasteiger partial charge in [0.25, 0.3) is 10.1 Å². The SMILES string of the molecule is O=C(O)CCCNCCCS(=O)(=O)O. The highest BCUT2D eigenvalue weighted by molar-refractivity contribution is 7.85. The van der Waals surface area contributed by atoms with Crippen molar-refractivity contribution in [3.05, 3.63) is 0 Å². The van der Waals surface area contributed by atoms with Gasteiger partial charge in [-0.25, -0.2) is 0 Å². The van der Waals surface area contributed by atoms with E-state index < -0.39 is 16.1 Å². The Balaban J connectivity index is 3.19. The second-order valence-electron chi connectivity index (χ2n) is 2.89. The number of hydrogen-bond acceptors (Lipinski definition) is 4. The van der Waals surface area contributed by atoms with E-state index in [9.17, 15) is 13.2 Å². The largest absolute Gasteiger partial charge is 0.481 e. The molecule has 0 aromatic heterocycles. The lowest BCUT2D eigenvalue weighted by Gasteiger charge is -2.01. The molecule has 0 saturated heterocycles. The summed E-state index contributed by atoms with van der Waals surface area (Å²) in [5, 5.41) is 11.2. The van der Waals surface area contributed by atoms with E-state index in [0.29, 0.717) is 25.9 Å². The molecule has 7 heteroatoms. The van der Waals surface area contributed by atoms with Crippen molar-refractivity contribution in [2.75, 3.05) is 18.8 Å². The molecule has 84 valence electrons. The lowest BCUT2D eigenvalue weighted by Crippen LogP contribution is -2.20. The Morgan fingerprint density at radius 1 is 1.21 bits per heavy atom. The fraction of sp³-hybridized carbons (Fsp3) is 0.857. The number of aliphatic carboxylic acids is 1. The topological polar surface area (TPSA) is 104 Å². The van der Waals surface area contributed by atoms with Gasteiger partial charge in [-0.05, 0) is 25.9 Å². The highest BCUT2D eigenvalue weighted by atomic mass is 32.2. The van der Waals surface area contributed by atoms with E-state index in [1.54, 1.807) is 0 Å². The van der Waals surface area contributed by atoms with Crippen LogP contribution < -0.4 is 5.32 Å².